The number of imide groups is 1. The molecular formula is C22H19BrN2O4. The molecule has 1 unspecified atom stereocenters. The van der Waals surface area contributed by atoms with Gasteiger partial charge in [-0.05, 0) is 67.3 Å². The Morgan fingerprint density at radius 3 is 2.52 bits per heavy atom. The minimum atomic E-state index is -1.18. The number of rotatable bonds is 3. The van der Waals surface area contributed by atoms with Crippen LogP contribution in [0.2, 0.25) is 0 Å². The molecule has 1 atom stereocenters. The molecule has 0 radical (unpaired) electrons. The van der Waals surface area contributed by atoms with Gasteiger partial charge in [-0.1, -0.05) is 28.1 Å². The molecular weight excluding hydrogens is 436 g/mol. The standard InChI is InChI=1S/C22H19BrN2O4/c1-12-7-17-14(9-19(26)29-18(17)8-13(12)2)11-25-20(27)22(3,24-21(25)28)15-5-4-6-16(23)10-15/h4-10H,11H2,1-3H3,(H,24,28). The molecule has 1 N–H and O–H groups in total. The van der Waals surface area contributed by atoms with Gasteiger partial charge in [0.25, 0.3) is 5.91 Å². The molecule has 0 bridgehead atoms. The van der Waals surface area contributed by atoms with Crippen LogP contribution in [0, 0.1) is 13.8 Å². The predicted molar refractivity (Wildman–Crippen MR) is 113 cm³/mol. The maximum atomic E-state index is 13.2. The van der Waals surface area contributed by atoms with E-state index < -0.39 is 17.2 Å². The summed E-state index contributed by atoms with van der Waals surface area (Å²) in [7, 11) is 0. The summed E-state index contributed by atoms with van der Waals surface area (Å²) in [5.74, 6) is -0.370. The zero-order valence-electron chi connectivity index (χ0n) is 16.2. The van der Waals surface area contributed by atoms with Crippen LogP contribution in [0.25, 0.3) is 11.0 Å². The summed E-state index contributed by atoms with van der Waals surface area (Å²) in [6.45, 7) is 5.56. The van der Waals surface area contributed by atoms with E-state index in [1.807, 2.05) is 32.0 Å². The molecule has 3 aromatic rings. The van der Waals surface area contributed by atoms with Crippen LogP contribution in [0.15, 0.2) is 56.1 Å². The number of nitrogens with zero attached hydrogens (tertiary/aromatic N) is 1. The summed E-state index contributed by atoms with van der Waals surface area (Å²) >= 11 is 3.40. The Balaban J connectivity index is 1.75. The number of benzene rings is 2. The first kappa shape index (κ1) is 19.4. The van der Waals surface area contributed by atoms with Crippen LogP contribution >= 0.6 is 15.9 Å². The van der Waals surface area contributed by atoms with Crippen molar-refractivity contribution in [3.63, 3.8) is 0 Å². The zero-order chi connectivity index (χ0) is 20.9. The van der Waals surface area contributed by atoms with Gasteiger partial charge in [0, 0.05) is 15.9 Å². The van der Waals surface area contributed by atoms with Crippen LogP contribution < -0.4 is 10.9 Å². The van der Waals surface area contributed by atoms with E-state index in [1.54, 1.807) is 25.1 Å². The number of fused-ring (bicyclic) bond motifs is 1. The number of carbonyl (C=O) groups is 2. The molecule has 6 nitrogen and oxygen atoms in total. The Morgan fingerprint density at radius 2 is 1.79 bits per heavy atom. The van der Waals surface area contributed by atoms with Gasteiger partial charge in [-0.3, -0.25) is 9.69 Å². The van der Waals surface area contributed by atoms with Crippen LogP contribution in [-0.2, 0) is 16.9 Å². The average molecular weight is 455 g/mol. The Bertz CT molecular complexity index is 1230. The summed E-state index contributed by atoms with van der Waals surface area (Å²) in [5.41, 5.74) is 2.02. The minimum absolute atomic E-state index is 0.0150. The number of urea groups is 1. The molecule has 1 aliphatic heterocycles. The number of aryl methyl sites for hydroxylation is 2. The van der Waals surface area contributed by atoms with E-state index in [4.69, 9.17) is 4.42 Å². The first-order chi connectivity index (χ1) is 13.7. The van der Waals surface area contributed by atoms with E-state index in [-0.39, 0.29) is 12.5 Å². The van der Waals surface area contributed by atoms with Crippen molar-refractivity contribution in [1.29, 1.82) is 0 Å². The highest BCUT2D eigenvalue weighted by Gasteiger charge is 2.49. The second-order valence-corrected chi connectivity index (χ2v) is 8.40. The topological polar surface area (TPSA) is 79.6 Å². The number of hydrogen-bond acceptors (Lipinski definition) is 4. The largest absolute Gasteiger partial charge is 0.423 e. The Morgan fingerprint density at radius 1 is 1.07 bits per heavy atom. The van der Waals surface area contributed by atoms with E-state index >= 15 is 0 Å². The van der Waals surface area contributed by atoms with Gasteiger partial charge in [-0.2, -0.15) is 0 Å². The fraction of sp³-hybridized carbons (Fsp3) is 0.227. The van der Waals surface area contributed by atoms with Crippen molar-refractivity contribution in [3.8, 4) is 0 Å². The number of amides is 3. The van der Waals surface area contributed by atoms with Crippen LogP contribution in [0.3, 0.4) is 0 Å². The lowest BCUT2D eigenvalue weighted by Gasteiger charge is -2.22. The van der Waals surface area contributed by atoms with E-state index in [2.05, 4.69) is 21.2 Å². The Hall–Kier alpha value is -2.93. The monoisotopic (exact) mass is 454 g/mol. The fourth-order valence-electron chi connectivity index (χ4n) is 3.62. The van der Waals surface area contributed by atoms with E-state index in [1.165, 1.54) is 6.07 Å². The van der Waals surface area contributed by atoms with E-state index in [0.717, 1.165) is 20.5 Å². The normalized spacial score (nSPS) is 19.1. The van der Waals surface area contributed by atoms with E-state index in [9.17, 15) is 14.4 Å². The van der Waals surface area contributed by atoms with Crippen LogP contribution in [0.1, 0.15) is 29.2 Å². The molecule has 2 aromatic carbocycles. The molecule has 1 aliphatic rings. The van der Waals surface area contributed by atoms with Crippen molar-refractivity contribution < 1.29 is 14.0 Å². The molecule has 29 heavy (non-hydrogen) atoms. The summed E-state index contributed by atoms with van der Waals surface area (Å²) in [5, 5.41) is 3.50. The van der Waals surface area contributed by atoms with Crippen molar-refractivity contribution in [2.75, 3.05) is 0 Å². The number of hydrogen-bond donors (Lipinski definition) is 1. The summed E-state index contributed by atoms with van der Waals surface area (Å²) in [6, 6.07) is 11.8. The lowest BCUT2D eigenvalue weighted by molar-refractivity contribution is -0.131. The van der Waals surface area contributed by atoms with Gasteiger partial charge in [-0.15, -0.1) is 0 Å². The molecule has 4 rings (SSSR count). The second kappa shape index (κ2) is 6.84. The molecule has 7 heteroatoms. The van der Waals surface area contributed by atoms with Gasteiger partial charge in [0.2, 0.25) is 0 Å². The molecule has 148 valence electrons. The van der Waals surface area contributed by atoms with Crippen molar-refractivity contribution in [2.45, 2.75) is 32.9 Å². The smallest absolute Gasteiger partial charge is 0.336 e. The Labute approximate surface area is 175 Å². The second-order valence-electron chi connectivity index (χ2n) is 7.48. The molecule has 0 saturated carbocycles. The lowest BCUT2D eigenvalue weighted by atomic mass is 9.92. The number of halogens is 1. The zero-order valence-corrected chi connectivity index (χ0v) is 17.8. The van der Waals surface area contributed by atoms with Gasteiger partial charge < -0.3 is 9.73 Å². The summed E-state index contributed by atoms with van der Waals surface area (Å²) in [4.78, 5) is 39.1. The van der Waals surface area contributed by atoms with Gasteiger partial charge in [0.05, 0.1) is 6.54 Å². The van der Waals surface area contributed by atoms with Gasteiger partial charge >= 0.3 is 11.7 Å². The first-order valence-corrected chi connectivity index (χ1v) is 9.92. The highest BCUT2D eigenvalue weighted by atomic mass is 79.9. The average Bonchev–Trinajstić information content (AvgIpc) is 2.87. The summed E-state index contributed by atoms with van der Waals surface area (Å²) < 4.78 is 6.13. The van der Waals surface area contributed by atoms with Crippen LogP contribution in [0.5, 0.6) is 0 Å². The molecule has 1 aromatic heterocycles. The van der Waals surface area contributed by atoms with E-state index in [0.29, 0.717) is 22.1 Å². The third kappa shape index (κ3) is 3.25. The quantitative estimate of drug-likeness (QED) is 0.476. The number of carbonyl (C=O) groups excluding carboxylic acids is 2. The van der Waals surface area contributed by atoms with Gasteiger partial charge in [-0.25, -0.2) is 9.59 Å². The highest BCUT2D eigenvalue weighted by molar-refractivity contribution is 9.10. The Kier molecular flexibility index (Phi) is 4.58. The van der Waals surface area contributed by atoms with Crippen LogP contribution in [0.4, 0.5) is 4.79 Å². The summed E-state index contributed by atoms with van der Waals surface area (Å²) in [6.07, 6.45) is 0. The fourth-order valence-corrected chi connectivity index (χ4v) is 4.02. The van der Waals surface area contributed by atoms with Crippen molar-refractivity contribution in [2.24, 2.45) is 0 Å². The highest BCUT2D eigenvalue weighted by Crippen LogP contribution is 2.32. The maximum absolute atomic E-state index is 13.2. The minimum Gasteiger partial charge on any atom is -0.423 e. The van der Waals surface area contributed by atoms with Gasteiger partial charge in [0.1, 0.15) is 11.1 Å². The van der Waals surface area contributed by atoms with Gasteiger partial charge in [0.15, 0.2) is 0 Å². The van der Waals surface area contributed by atoms with Crippen molar-refractivity contribution in [3.05, 3.63) is 79.6 Å². The molecule has 1 fully saturated rings. The molecule has 3 amide bonds. The number of nitrogens with one attached hydrogen (secondary N) is 1. The predicted octanol–water partition coefficient (Wildman–Crippen LogP) is 4.14. The van der Waals surface area contributed by atoms with Crippen molar-refractivity contribution in [1.82, 2.24) is 10.2 Å². The van der Waals surface area contributed by atoms with Crippen molar-refractivity contribution >= 4 is 38.8 Å². The first-order valence-electron chi connectivity index (χ1n) is 9.13. The SMILES string of the molecule is Cc1cc2oc(=O)cc(CN3C(=O)NC(C)(c4cccc(Br)c4)C3=O)c2cc1C. The molecule has 0 aliphatic carbocycles. The lowest BCUT2D eigenvalue weighted by Crippen LogP contribution is -2.40. The maximum Gasteiger partial charge on any atom is 0.336 e. The third-order valence-corrected chi connectivity index (χ3v) is 5.94. The molecule has 0 spiro atoms. The molecule has 2 heterocycles. The molecule has 1 saturated heterocycles. The van der Waals surface area contributed by atoms with Crippen LogP contribution in [-0.4, -0.2) is 16.8 Å². The third-order valence-electron chi connectivity index (χ3n) is 5.45.